The minimum absolute atomic E-state index is 0.116. The number of nitrogen functional groups attached to an aromatic ring is 1. The van der Waals surface area contributed by atoms with Crippen molar-refractivity contribution < 1.29 is 27.9 Å². The fraction of sp³-hybridized carbons (Fsp3) is 0.318. The highest BCUT2D eigenvalue weighted by atomic mass is 32.2. The van der Waals surface area contributed by atoms with Crippen LogP contribution in [0.4, 0.5) is 0 Å². The van der Waals surface area contributed by atoms with E-state index in [0.29, 0.717) is 17.5 Å². The Morgan fingerprint density at radius 2 is 1.94 bits per heavy atom. The van der Waals surface area contributed by atoms with Crippen LogP contribution >= 0.6 is 0 Å². The van der Waals surface area contributed by atoms with Crippen molar-refractivity contribution in [2.24, 2.45) is 5.73 Å². The van der Waals surface area contributed by atoms with Crippen molar-refractivity contribution in [1.82, 2.24) is 19.5 Å². The van der Waals surface area contributed by atoms with E-state index in [-0.39, 0.29) is 23.8 Å². The minimum Gasteiger partial charge on any atom is -0.481 e. The number of piperazine rings is 1. The number of amidine groups is 1. The Hall–Kier alpha value is -3.84. The van der Waals surface area contributed by atoms with Gasteiger partial charge in [0.1, 0.15) is 12.0 Å². The second-order valence-corrected chi connectivity index (χ2v) is 9.65. The number of carbonyl (C=O) groups excluding carboxylic acids is 2. The van der Waals surface area contributed by atoms with Crippen molar-refractivity contribution in [1.29, 1.82) is 5.41 Å². The maximum atomic E-state index is 13.1. The lowest BCUT2D eigenvalue weighted by Crippen LogP contribution is -2.65. The molecule has 2 unspecified atom stereocenters. The number of nitrogens with zero attached hydrogens (tertiary/aromatic N) is 3. The van der Waals surface area contributed by atoms with Gasteiger partial charge in [0.15, 0.2) is 0 Å². The van der Waals surface area contributed by atoms with Gasteiger partial charge in [-0.2, -0.15) is 4.72 Å². The second-order valence-electron chi connectivity index (χ2n) is 7.93. The molecule has 186 valence electrons. The highest BCUT2D eigenvalue weighted by Gasteiger charge is 2.43. The number of hydrogen-bond acceptors (Lipinski definition) is 7. The average Bonchev–Trinajstić information content (AvgIpc) is 2.82. The lowest BCUT2D eigenvalue weighted by Gasteiger charge is -2.43. The topological polar surface area (TPSA) is 187 Å². The lowest BCUT2D eigenvalue weighted by molar-refractivity contribution is -0.162. The van der Waals surface area contributed by atoms with Crippen molar-refractivity contribution in [2.75, 3.05) is 13.1 Å². The number of sulfonamides is 1. The lowest BCUT2D eigenvalue weighted by atomic mass is 10.0. The molecule has 0 aliphatic carbocycles. The molecule has 13 heteroatoms. The first-order chi connectivity index (χ1) is 16.5. The van der Waals surface area contributed by atoms with E-state index in [4.69, 9.17) is 11.1 Å². The maximum Gasteiger partial charge on any atom is 0.313 e. The summed E-state index contributed by atoms with van der Waals surface area (Å²) in [5.74, 6) is -3.27. The van der Waals surface area contributed by atoms with E-state index >= 15 is 0 Å². The molecule has 1 aromatic carbocycles. The summed E-state index contributed by atoms with van der Waals surface area (Å²) >= 11 is 0. The Bertz CT molecular complexity index is 1220. The molecule has 1 fully saturated rings. The Morgan fingerprint density at radius 1 is 1.26 bits per heavy atom. The number of rotatable bonds is 10. The largest absolute Gasteiger partial charge is 0.481 e. The van der Waals surface area contributed by atoms with Crippen molar-refractivity contribution in [3.05, 3.63) is 59.9 Å². The second kappa shape index (κ2) is 10.6. The van der Waals surface area contributed by atoms with Crippen molar-refractivity contribution in [3.63, 3.8) is 0 Å². The molecule has 1 saturated heterocycles. The van der Waals surface area contributed by atoms with Crippen LogP contribution in [0, 0.1) is 5.41 Å². The average molecular weight is 503 g/mol. The zero-order chi connectivity index (χ0) is 25.8. The van der Waals surface area contributed by atoms with Gasteiger partial charge in [-0.1, -0.05) is 13.0 Å². The molecule has 5 N–H and O–H groups in total. The van der Waals surface area contributed by atoms with Gasteiger partial charge < -0.3 is 20.6 Å². The van der Waals surface area contributed by atoms with Gasteiger partial charge in [-0.05, 0) is 42.3 Å². The molecule has 1 aromatic heterocycles. The van der Waals surface area contributed by atoms with Crippen molar-refractivity contribution >= 4 is 33.6 Å². The van der Waals surface area contributed by atoms with Gasteiger partial charge >= 0.3 is 17.8 Å². The van der Waals surface area contributed by atoms with Crippen LogP contribution in [0.25, 0.3) is 0 Å². The molecular weight excluding hydrogens is 476 g/mol. The van der Waals surface area contributed by atoms with Crippen LogP contribution in [0.1, 0.15) is 36.9 Å². The Labute approximate surface area is 202 Å². The predicted octanol–water partition coefficient (Wildman–Crippen LogP) is 0.267. The van der Waals surface area contributed by atoms with Gasteiger partial charge in [0.05, 0.1) is 23.9 Å². The number of carboxylic acid groups (broad SMARTS) is 1. The molecule has 1 aliphatic heterocycles. The van der Waals surface area contributed by atoms with Gasteiger partial charge in [0, 0.05) is 24.5 Å². The Morgan fingerprint density at radius 3 is 2.49 bits per heavy atom. The summed E-state index contributed by atoms with van der Waals surface area (Å²) in [5, 5.41) is 16.9. The molecule has 2 atom stereocenters. The highest BCUT2D eigenvalue weighted by molar-refractivity contribution is 7.89. The molecule has 12 nitrogen and oxygen atoms in total. The molecule has 3 rings (SSSR count). The van der Waals surface area contributed by atoms with E-state index in [0.717, 1.165) is 9.80 Å². The van der Waals surface area contributed by atoms with E-state index in [9.17, 15) is 27.9 Å². The number of carboxylic acids is 1. The first-order valence-electron chi connectivity index (χ1n) is 10.7. The smallest absolute Gasteiger partial charge is 0.313 e. The molecule has 0 radical (unpaired) electrons. The number of carbonyl (C=O) groups is 3. The van der Waals surface area contributed by atoms with Crippen LogP contribution in [-0.4, -0.2) is 71.2 Å². The number of nitrogens with two attached hydrogens (primary N) is 1. The summed E-state index contributed by atoms with van der Waals surface area (Å²) in [6.45, 7) is 1.63. The molecule has 35 heavy (non-hydrogen) atoms. The molecule has 1 aliphatic rings. The van der Waals surface area contributed by atoms with Crippen molar-refractivity contribution in [2.45, 2.75) is 36.9 Å². The summed E-state index contributed by atoms with van der Waals surface area (Å²) < 4.78 is 28.7. The molecule has 2 aromatic rings. The zero-order valence-electron chi connectivity index (χ0n) is 18.9. The Balaban J connectivity index is 1.96. The summed E-state index contributed by atoms with van der Waals surface area (Å²) in [7, 11) is -4.15. The van der Waals surface area contributed by atoms with E-state index in [1.54, 1.807) is 19.1 Å². The molecule has 2 amide bonds. The SMILES string of the molecule is CCCN1C(=O)C(=O)N(C(CC(=O)O)c2cccnc2)CC1NS(=O)(=O)c1ccc(C(=N)N)cc1. The molecule has 0 bridgehead atoms. The fourth-order valence-electron chi connectivity index (χ4n) is 3.83. The van der Waals surface area contributed by atoms with Gasteiger partial charge in [-0.15, -0.1) is 0 Å². The number of aliphatic carboxylic acids is 1. The number of hydrogen-bond donors (Lipinski definition) is 4. The number of nitrogens with one attached hydrogen (secondary N) is 2. The first kappa shape index (κ1) is 25.8. The van der Waals surface area contributed by atoms with Gasteiger partial charge in [-0.25, -0.2) is 8.42 Å². The first-order valence-corrected chi connectivity index (χ1v) is 12.2. The number of aromatic nitrogens is 1. The summed E-state index contributed by atoms with van der Waals surface area (Å²) in [5.41, 5.74) is 6.16. The van der Waals surface area contributed by atoms with Crippen LogP contribution < -0.4 is 10.5 Å². The third-order valence-electron chi connectivity index (χ3n) is 5.50. The predicted molar refractivity (Wildman–Crippen MR) is 125 cm³/mol. The fourth-order valence-corrected chi connectivity index (χ4v) is 5.02. The van der Waals surface area contributed by atoms with Crippen LogP contribution in [0.5, 0.6) is 0 Å². The number of benzene rings is 1. The van der Waals surface area contributed by atoms with Gasteiger partial charge in [0.25, 0.3) is 0 Å². The monoisotopic (exact) mass is 502 g/mol. The van der Waals surface area contributed by atoms with Crippen LogP contribution in [0.15, 0.2) is 53.7 Å². The van der Waals surface area contributed by atoms with E-state index in [1.807, 2.05) is 0 Å². The highest BCUT2D eigenvalue weighted by Crippen LogP contribution is 2.28. The van der Waals surface area contributed by atoms with Crippen LogP contribution in [0.2, 0.25) is 0 Å². The van der Waals surface area contributed by atoms with E-state index < -0.39 is 46.4 Å². The minimum atomic E-state index is -4.15. The van der Waals surface area contributed by atoms with Gasteiger partial charge in [-0.3, -0.25) is 24.8 Å². The molecule has 2 heterocycles. The quantitative estimate of drug-likeness (QED) is 0.202. The Kier molecular flexibility index (Phi) is 7.82. The number of amides is 2. The third kappa shape index (κ3) is 5.81. The molecule has 0 spiro atoms. The normalized spacial score (nSPS) is 17.3. The molecule has 0 saturated carbocycles. The summed E-state index contributed by atoms with van der Waals surface area (Å²) in [6.07, 6.45) is 1.72. The van der Waals surface area contributed by atoms with Gasteiger partial charge in [0.2, 0.25) is 10.0 Å². The standard InChI is InChI=1S/C22H26N6O6S/c1-2-10-27-18(26-35(33,34)16-7-5-14(6-8-16)20(23)24)13-28(22(32)21(27)31)17(11-19(29)30)15-4-3-9-25-12-15/h3-9,12,17-18,26H,2,10-11,13H2,1H3,(H3,23,24)(H,29,30). The third-order valence-corrected chi connectivity index (χ3v) is 6.97. The van der Waals surface area contributed by atoms with Crippen molar-refractivity contribution in [3.8, 4) is 0 Å². The zero-order valence-corrected chi connectivity index (χ0v) is 19.7. The van der Waals surface area contributed by atoms with E-state index in [1.165, 1.54) is 36.7 Å². The number of pyridine rings is 1. The maximum absolute atomic E-state index is 13.1. The van der Waals surface area contributed by atoms with E-state index in [2.05, 4.69) is 9.71 Å². The molecular formula is C22H26N6O6S. The summed E-state index contributed by atoms with van der Waals surface area (Å²) in [6, 6.07) is 7.46. The van der Waals surface area contributed by atoms with Crippen LogP contribution in [0.3, 0.4) is 0 Å². The van der Waals surface area contributed by atoms with Crippen LogP contribution in [-0.2, 0) is 24.4 Å². The summed E-state index contributed by atoms with van der Waals surface area (Å²) in [4.78, 5) is 43.6.